The molecule has 0 aromatic heterocycles. The molecule has 0 spiro atoms. The highest BCUT2D eigenvalue weighted by Crippen LogP contribution is 2.24. The van der Waals surface area contributed by atoms with Crippen molar-refractivity contribution >= 4 is 12.6 Å². The summed E-state index contributed by atoms with van der Waals surface area (Å²) >= 11 is 4.20. The Hall–Kier alpha value is -0.630. The molecule has 2 heteroatoms. The number of ether oxygens (including phenoxy) is 1. The average Bonchev–Trinajstić information content (AvgIpc) is 2.20. The van der Waals surface area contributed by atoms with Gasteiger partial charge in [0.2, 0.25) is 0 Å². The van der Waals surface area contributed by atoms with Crippen LogP contribution in [-0.4, -0.2) is 12.4 Å². The van der Waals surface area contributed by atoms with Crippen molar-refractivity contribution in [3.63, 3.8) is 0 Å². The van der Waals surface area contributed by atoms with Crippen molar-refractivity contribution in [3.05, 3.63) is 28.8 Å². The maximum absolute atomic E-state index is 5.84. The number of rotatable bonds is 6. The topological polar surface area (TPSA) is 9.23 Å². The van der Waals surface area contributed by atoms with E-state index in [2.05, 4.69) is 45.5 Å². The van der Waals surface area contributed by atoms with Crippen molar-refractivity contribution in [1.82, 2.24) is 0 Å². The monoisotopic (exact) mass is 238 g/mol. The Morgan fingerprint density at radius 1 is 1.00 bits per heavy atom. The molecule has 0 saturated carbocycles. The van der Waals surface area contributed by atoms with E-state index in [1.807, 2.05) is 0 Å². The van der Waals surface area contributed by atoms with Gasteiger partial charge >= 0.3 is 0 Å². The highest BCUT2D eigenvalue weighted by Gasteiger charge is 2.04. The Bertz CT molecular complexity index is 311. The van der Waals surface area contributed by atoms with Crippen molar-refractivity contribution < 1.29 is 4.74 Å². The molecule has 0 atom stereocenters. The van der Waals surface area contributed by atoms with Crippen molar-refractivity contribution in [2.24, 2.45) is 0 Å². The highest BCUT2D eigenvalue weighted by molar-refractivity contribution is 7.80. The van der Waals surface area contributed by atoms with Crippen LogP contribution in [0.3, 0.4) is 0 Å². The molecule has 0 unspecified atom stereocenters. The van der Waals surface area contributed by atoms with Gasteiger partial charge in [0.15, 0.2) is 0 Å². The van der Waals surface area contributed by atoms with Gasteiger partial charge in [0.25, 0.3) is 0 Å². The van der Waals surface area contributed by atoms with Crippen molar-refractivity contribution in [1.29, 1.82) is 0 Å². The zero-order valence-electron chi connectivity index (χ0n) is 10.5. The Kier molecular flexibility index (Phi) is 5.75. The van der Waals surface area contributed by atoms with E-state index in [4.69, 9.17) is 4.74 Å². The van der Waals surface area contributed by atoms with Crippen molar-refractivity contribution in [3.8, 4) is 5.75 Å². The van der Waals surface area contributed by atoms with Gasteiger partial charge in [-0.3, -0.25) is 0 Å². The lowest BCUT2D eigenvalue weighted by atomic mass is 10.1. The molecule has 0 fully saturated rings. The van der Waals surface area contributed by atoms with E-state index in [0.717, 1.165) is 24.5 Å². The molecule has 0 N–H and O–H groups in total. The maximum atomic E-state index is 5.84. The minimum atomic E-state index is 0.818. The van der Waals surface area contributed by atoms with Crippen LogP contribution in [0, 0.1) is 20.8 Å². The first kappa shape index (κ1) is 13.4. The lowest BCUT2D eigenvalue weighted by Gasteiger charge is -2.12. The first-order valence-electron chi connectivity index (χ1n) is 5.96. The van der Waals surface area contributed by atoms with E-state index < -0.39 is 0 Å². The first-order valence-corrected chi connectivity index (χ1v) is 6.60. The Labute approximate surface area is 105 Å². The Balaban J connectivity index is 2.47. The fraction of sp³-hybridized carbons (Fsp3) is 0.571. The summed E-state index contributed by atoms with van der Waals surface area (Å²) in [5.41, 5.74) is 3.79. The zero-order valence-corrected chi connectivity index (χ0v) is 11.4. The first-order chi connectivity index (χ1) is 7.65. The summed E-state index contributed by atoms with van der Waals surface area (Å²) in [5, 5.41) is 0. The van der Waals surface area contributed by atoms with Crippen LogP contribution >= 0.6 is 12.6 Å². The van der Waals surface area contributed by atoms with Crippen molar-refractivity contribution in [2.75, 3.05) is 12.4 Å². The maximum Gasteiger partial charge on any atom is 0.125 e. The van der Waals surface area contributed by atoms with Crippen LogP contribution in [0.15, 0.2) is 12.1 Å². The quantitative estimate of drug-likeness (QED) is 0.580. The molecule has 1 aromatic carbocycles. The smallest absolute Gasteiger partial charge is 0.125 e. The molecule has 1 nitrogen and oxygen atoms in total. The van der Waals surface area contributed by atoms with Gasteiger partial charge in [-0.2, -0.15) is 12.6 Å². The summed E-state index contributed by atoms with van der Waals surface area (Å²) in [5.74, 6) is 2.04. The summed E-state index contributed by atoms with van der Waals surface area (Å²) < 4.78 is 5.84. The second-order valence-electron chi connectivity index (χ2n) is 4.36. The fourth-order valence-corrected chi connectivity index (χ4v) is 2.18. The third-order valence-corrected chi connectivity index (χ3v) is 2.97. The second-order valence-corrected chi connectivity index (χ2v) is 4.81. The summed E-state index contributed by atoms with van der Waals surface area (Å²) in [6, 6.07) is 4.35. The van der Waals surface area contributed by atoms with Crippen LogP contribution in [0.2, 0.25) is 0 Å². The van der Waals surface area contributed by atoms with Gasteiger partial charge in [0.1, 0.15) is 5.75 Å². The van der Waals surface area contributed by atoms with E-state index in [1.165, 1.54) is 29.5 Å². The molecule has 90 valence electrons. The average molecular weight is 238 g/mol. The molecular weight excluding hydrogens is 216 g/mol. The largest absolute Gasteiger partial charge is 0.493 e. The third-order valence-electron chi connectivity index (χ3n) is 2.65. The van der Waals surface area contributed by atoms with Crippen LogP contribution in [0.25, 0.3) is 0 Å². The van der Waals surface area contributed by atoms with Crippen LogP contribution in [0.1, 0.15) is 36.0 Å². The summed E-state index contributed by atoms with van der Waals surface area (Å²) in [6.45, 7) is 7.17. The van der Waals surface area contributed by atoms with E-state index in [1.54, 1.807) is 0 Å². The number of aryl methyl sites for hydroxylation is 3. The minimum absolute atomic E-state index is 0.818. The molecule has 0 aliphatic heterocycles. The van der Waals surface area contributed by atoms with Gasteiger partial charge < -0.3 is 4.74 Å². The van der Waals surface area contributed by atoms with Gasteiger partial charge in [-0.15, -0.1) is 0 Å². The Morgan fingerprint density at radius 2 is 1.62 bits per heavy atom. The molecule has 0 amide bonds. The molecule has 1 aromatic rings. The molecule has 0 radical (unpaired) electrons. The van der Waals surface area contributed by atoms with Gasteiger partial charge in [-0.25, -0.2) is 0 Å². The molecule has 0 aliphatic rings. The van der Waals surface area contributed by atoms with Crippen LogP contribution < -0.4 is 4.74 Å². The van der Waals surface area contributed by atoms with Crippen LogP contribution in [0.4, 0.5) is 0 Å². The lowest BCUT2D eigenvalue weighted by molar-refractivity contribution is 0.302. The molecule has 16 heavy (non-hydrogen) atoms. The second kappa shape index (κ2) is 6.85. The predicted molar refractivity (Wildman–Crippen MR) is 73.9 cm³/mol. The number of unbranched alkanes of at least 4 members (excludes halogenated alkanes) is 2. The number of hydrogen-bond acceptors (Lipinski definition) is 2. The molecular formula is C14H22OS. The minimum Gasteiger partial charge on any atom is -0.493 e. The molecule has 0 heterocycles. The normalized spacial score (nSPS) is 10.5. The molecule has 0 aliphatic carbocycles. The van der Waals surface area contributed by atoms with Crippen LogP contribution in [-0.2, 0) is 0 Å². The summed E-state index contributed by atoms with van der Waals surface area (Å²) in [6.07, 6.45) is 3.50. The fourth-order valence-electron chi connectivity index (χ4n) is 1.96. The summed E-state index contributed by atoms with van der Waals surface area (Å²) in [7, 11) is 0. The number of benzene rings is 1. The van der Waals surface area contributed by atoms with Crippen LogP contribution in [0.5, 0.6) is 5.75 Å². The summed E-state index contributed by atoms with van der Waals surface area (Å²) in [4.78, 5) is 0. The SMILES string of the molecule is Cc1cc(C)c(OCCCCCS)c(C)c1. The predicted octanol–water partition coefficient (Wildman–Crippen LogP) is 4.09. The van der Waals surface area contributed by atoms with E-state index in [9.17, 15) is 0 Å². The highest BCUT2D eigenvalue weighted by atomic mass is 32.1. The third kappa shape index (κ3) is 4.09. The standard InChI is InChI=1S/C14H22OS/c1-11-9-12(2)14(13(3)10-11)15-7-5-4-6-8-16/h9-10,16H,4-8H2,1-3H3. The van der Waals surface area contributed by atoms with Gasteiger partial charge in [-0.05, 0) is 56.9 Å². The molecule has 0 bridgehead atoms. The number of hydrogen-bond donors (Lipinski definition) is 1. The van der Waals surface area contributed by atoms with Crippen molar-refractivity contribution in [2.45, 2.75) is 40.0 Å². The van der Waals surface area contributed by atoms with E-state index in [-0.39, 0.29) is 0 Å². The van der Waals surface area contributed by atoms with E-state index >= 15 is 0 Å². The zero-order chi connectivity index (χ0) is 12.0. The molecule has 0 saturated heterocycles. The Morgan fingerprint density at radius 3 is 2.19 bits per heavy atom. The van der Waals surface area contributed by atoms with Gasteiger partial charge in [-0.1, -0.05) is 17.7 Å². The van der Waals surface area contributed by atoms with Gasteiger partial charge in [0.05, 0.1) is 6.61 Å². The van der Waals surface area contributed by atoms with E-state index in [0.29, 0.717) is 0 Å². The van der Waals surface area contributed by atoms with Gasteiger partial charge in [0, 0.05) is 0 Å². The molecule has 1 rings (SSSR count). The lowest BCUT2D eigenvalue weighted by Crippen LogP contribution is -2.01. The number of thiol groups is 1.